The van der Waals surface area contributed by atoms with Gasteiger partial charge in [0.25, 0.3) is 0 Å². The van der Waals surface area contributed by atoms with Crippen LogP contribution in [0.3, 0.4) is 0 Å². The number of likely N-dealkylation sites (N-methyl/N-ethyl adjacent to an activating group) is 1. The average molecular weight is 1250 g/mol. The molecule has 3 unspecified atom stereocenters. The Morgan fingerprint density at radius 3 is 1.66 bits per heavy atom. The number of carbonyl (C=O) groups is 11. The van der Waals surface area contributed by atoms with E-state index in [1.54, 1.807) is 44.3 Å². The van der Waals surface area contributed by atoms with Crippen molar-refractivity contribution in [3.63, 3.8) is 0 Å². The number of para-hydroxylation sites is 1. The first-order valence-electron chi connectivity index (χ1n) is 28.9. The van der Waals surface area contributed by atoms with Crippen molar-refractivity contribution in [2.75, 3.05) is 20.1 Å². The minimum absolute atomic E-state index is 0.00316. The van der Waals surface area contributed by atoms with E-state index in [9.17, 15) is 63.0 Å². The maximum Gasteiger partial charge on any atom is 0.245 e. The van der Waals surface area contributed by atoms with E-state index in [-0.39, 0.29) is 81.6 Å². The number of aliphatic imine (C=N–C) groups is 2. The number of phenolic OH excluding ortho intramolecular Hbond substituents is 1. The van der Waals surface area contributed by atoms with Gasteiger partial charge in [0.2, 0.25) is 65.0 Å². The van der Waals surface area contributed by atoms with Crippen molar-refractivity contribution in [3.8, 4) is 5.75 Å². The van der Waals surface area contributed by atoms with Crippen LogP contribution >= 0.6 is 0 Å². The first kappa shape index (κ1) is 73.7. The van der Waals surface area contributed by atoms with Crippen molar-refractivity contribution in [1.29, 1.82) is 0 Å². The Hall–Kier alpha value is -9.59. The molecule has 490 valence electrons. The molecular formula is C57H89N19O13. The third kappa shape index (κ3) is 25.0. The fraction of sp³-hybridized carbons (Fsp3) is 0.526. The summed E-state index contributed by atoms with van der Waals surface area (Å²) in [7, 11) is 1.23. The number of hydrogen-bond donors (Lipinski definition) is 18. The summed E-state index contributed by atoms with van der Waals surface area (Å²) in [6, 6.07) is -0.644. The number of nitrogens with one attached hydrogen (secondary N) is 8. The zero-order valence-corrected chi connectivity index (χ0v) is 51.0. The van der Waals surface area contributed by atoms with Gasteiger partial charge in [0.05, 0.1) is 18.6 Å². The standard InChI is InChI=1S/C57H89N19O13/c1-28(2)23-35(58)48(82)72-41(26-44(60)80)50(84)73-40(25-32-27-68-36-12-8-7-11-34(32)36)51(85)74-45(29(3)4)53(87)75-46(30(5)77)54(88)69-37(13-9-21-66-56(62)63)49(83)70-38(19-20-43(59)79)55(89)76(6)42(14-10-22-67-57(64)65)52(86)71-39(47(61)81)24-31-15-17-33(78)18-16-31/h7-8,11-12,15-18,27-30,35,37-42,45-46,68,77-78H,9-10,13-14,19-26,58H2,1-6H3,(H2,59,79)(H2,60,80)(H2,61,81)(H,69,88)(H,70,83)(H,71,86)(H,72,82)(H,73,84)(H,74,85)(H,75,87)(H4,62,63,66)(H4,64,65,67)/t30-,35+,37+,38?,39?,40?,41+,42+,45+,46+/m1/s1. The summed E-state index contributed by atoms with van der Waals surface area (Å²) in [5, 5.41) is 39.2. The Morgan fingerprint density at radius 1 is 0.573 bits per heavy atom. The number of benzene rings is 2. The summed E-state index contributed by atoms with van der Waals surface area (Å²) >= 11 is 0. The van der Waals surface area contributed by atoms with Crippen LogP contribution in [0.5, 0.6) is 5.75 Å². The first-order chi connectivity index (χ1) is 41.8. The highest BCUT2D eigenvalue weighted by atomic mass is 16.3. The van der Waals surface area contributed by atoms with E-state index in [1.165, 1.54) is 31.3 Å². The van der Waals surface area contributed by atoms with Crippen molar-refractivity contribution in [3.05, 3.63) is 65.9 Å². The second-order valence-electron chi connectivity index (χ2n) is 22.4. The minimum atomic E-state index is -1.86. The number of carbonyl (C=O) groups excluding carboxylic acids is 11. The number of aromatic hydroxyl groups is 1. The molecule has 0 aliphatic heterocycles. The number of phenols is 1. The summed E-state index contributed by atoms with van der Waals surface area (Å²) < 4.78 is 0. The Balaban J connectivity index is 1.99. The summed E-state index contributed by atoms with van der Waals surface area (Å²) in [6.07, 6.45) is -2.03. The molecule has 0 spiro atoms. The molecule has 10 atom stereocenters. The van der Waals surface area contributed by atoms with Crippen LogP contribution < -0.4 is 83.1 Å². The predicted molar refractivity (Wildman–Crippen MR) is 329 cm³/mol. The monoisotopic (exact) mass is 1250 g/mol. The summed E-state index contributed by atoms with van der Waals surface area (Å²) in [6.45, 7) is 7.84. The van der Waals surface area contributed by atoms with Crippen LogP contribution in [0.15, 0.2) is 64.7 Å². The summed E-state index contributed by atoms with van der Waals surface area (Å²) in [5.41, 5.74) is 46.6. The topological polar surface area (TPSA) is 564 Å². The van der Waals surface area contributed by atoms with Gasteiger partial charge < -0.3 is 103 Å². The molecule has 0 radical (unpaired) electrons. The van der Waals surface area contributed by atoms with Gasteiger partial charge in [-0.3, -0.25) is 62.7 Å². The number of H-pyrrole nitrogens is 1. The zero-order chi connectivity index (χ0) is 66.8. The number of hydrogen-bond acceptors (Lipinski definition) is 16. The molecule has 2 aromatic carbocycles. The van der Waals surface area contributed by atoms with Crippen LogP contribution in [-0.4, -0.2) is 178 Å². The van der Waals surface area contributed by atoms with E-state index < -0.39 is 151 Å². The molecule has 89 heavy (non-hydrogen) atoms. The predicted octanol–water partition coefficient (Wildman–Crippen LogP) is -4.98. The van der Waals surface area contributed by atoms with Crippen molar-refractivity contribution < 1.29 is 63.0 Å². The second-order valence-corrected chi connectivity index (χ2v) is 22.4. The molecule has 32 nitrogen and oxygen atoms in total. The Morgan fingerprint density at radius 2 is 1.10 bits per heavy atom. The molecule has 3 aromatic rings. The van der Waals surface area contributed by atoms with E-state index in [0.29, 0.717) is 22.0 Å². The number of aromatic amines is 1. The maximum absolute atomic E-state index is 14.6. The molecule has 11 amide bonds. The van der Waals surface area contributed by atoms with Crippen molar-refractivity contribution in [2.45, 2.75) is 159 Å². The van der Waals surface area contributed by atoms with E-state index in [2.05, 4.69) is 52.2 Å². The van der Waals surface area contributed by atoms with Gasteiger partial charge in [-0.05, 0) is 86.6 Å². The van der Waals surface area contributed by atoms with E-state index in [0.717, 1.165) is 11.8 Å². The number of nitrogens with zero attached hydrogens (tertiary/aromatic N) is 3. The third-order valence-corrected chi connectivity index (χ3v) is 14.1. The van der Waals surface area contributed by atoms with Crippen molar-refractivity contribution in [2.24, 2.45) is 67.7 Å². The fourth-order valence-electron chi connectivity index (χ4n) is 9.34. The third-order valence-electron chi connectivity index (χ3n) is 14.1. The molecule has 3 rings (SSSR count). The molecular weight excluding hydrogens is 1160 g/mol. The maximum atomic E-state index is 14.6. The van der Waals surface area contributed by atoms with Gasteiger partial charge in [0.1, 0.15) is 54.1 Å². The van der Waals surface area contributed by atoms with Gasteiger partial charge in [-0.15, -0.1) is 0 Å². The van der Waals surface area contributed by atoms with Crippen LogP contribution in [0.4, 0.5) is 0 Å². The lowest BCUT2D eigenvalue weighted by molar-refractivity contribution is -0.143. The molecule has 0 saturated carbocycles. The molecule has 0 bridgehead atoms. The normalized spacial score (nSPS) is 14.5. The Labute approximate surface area is 515 Å². The Kier molecular flexibility index (Phi) is 29.7. The highest BCUT2D eigenvalue weighted by molar-refractivity contribution is 5.99. The van der Waals surface area contributed by atoms with Crippen molar-refractivity contribution >= 4 is 87.8 Å². The van der Waals surface area contributed by atoms with Crippen LogP contribution in [-0.2, 0) is 65.6 Å². The van der Waals surface area contributed by atoms with Crippen LogP contribution in [0.2, 0.25) is 0 Å². The number of aromatic nitrogens is 1. The lowest BCUT2D eigenvalue weighted by atomic mass is 9.99. The molecule has 0 fully saturated rings. The molecule has 32 heteroatoms. The highest BCUT2D eigenvalue weighted by Crippen LogP contribution is 2.21. The number of fused-ring (bicyclic) bond motifs is 1. The molecule has 0 aliphatic carbocycles. The molecule has 0 aliphatic rings. The largest absolute Gasteiger partial charge is 0.508 e. The van der Waals surface area contributed by atoms with Crippen molar-refractivity contribution in [1.82, 2.24) is 47.1 Å². The van der Waals surface area contributed by atoms with Gasteiger partial charge in [-0.25, -0.2) is 0 Å². The van der Waals surface area contributed by atoms with Crippen LogP contribution in [0.1, 0.15) is 97.1 Å². The molecule has 0 saturated heterocycles. The fourth-order valence-corrected chi connectivity index (χ4v) is 9.34. The quantitative estimate of drug-likeness (QED) is 0.0145. The second kappa shape index (κ2) is 35.9. The first-order valence-corrected chi connectivity index (χ1v) is 28.9. The number of rotatable bonds is 38. The smallest absolute Gasteiger partial charge is 0.245 e. The van der Waals surface area contributed by atoms with E-state index in [4.69, 9.17) is 45.9 Å². The SMILES string of the molecule is CC(C)C[C@H](N)C(=O)N[C@@H](CC(N)=O)C(=O)NC(Cc1c[nH]c2ccccc12)C(=O)N[C@H](C(=O)N[C@H](C(=O)N[C@@H](CCCN=C(N)N)C(=O)NC(CCC(N)=O)C(=O)N(C)[C@@H](CCCN=C(N)N)C(=O)NC(Cc1ccc(O)cc1)C(N)=O)[C@@H](C)O)C(C)C. The minimum Gasteiger partial charge on any atom is -0.508 e. The van der Waals surface area contributed by atoms with Gasteiger partial charge in [0.15, 0.2) is 11.9 Å². The highest BCUT2D eigenvalue weighted by Gasteiger charge is 2.39. The number of aliphatic hydroxyl groups excluding tert-OH is 1. The number of aliphatic hydroxyl groups is 1. The molecule has 1 aromatic heterocycles. The number of guanidine groups is 2. The molecule has 1 heterocycles. The number of amides is 11. The number of nitrogens with two attached hydrogens (primary N) is 8. The van der Waals surface area contributed by atoms with Crippen LogP contribution in [0.25, 0.3) is 10.9 Å². The van der Waals surface area contributed by atoms with E-state index >= 15 is 0 Å². The Bertz CT molecular complexity index is 3000. The lowest BCUT2D eigenvalue weighted by Gasteiger charge is -2.32. The van der Waals surface area contributed by atoms with Crippen LogP contribution in [0, 0.1) is 11.8 Å². The van der Waals surface area contributed by atoms with Gasteiger partial charge in [-0.1, -0.05) is 58.0 Å². The molecule has 26 N–H and O–H groups in total. The van der Waals surface area contributed by atoms with E-state index in [1.807, 2.05) is 13.8 Å². The average Bonchev–Trinajstić information content (AvgIpc) is 2.03. The number of primary amides is 3. The summed E-state index contributed by atoms with van der Waals surface area (Å²) in [4.78, 5) is 163. The van der Waals surface area contributed by atoms with Gasteiger partial charge in [-0.2, -0.15) is 0 Å². The summed E-state index contributed by atoms with van der Waals surface area (Å²) in [5.74, 6) is -11.8. The lowest BCUT2D eigenvalue weighted by Crippen LogP contribution is -2.63. The zero-order valence-electron chi connectivity index (χ0n) is 51.0. The van der Waals surface area contributed by atoms with Gasteiger partial charge >= 0.3 is 0 Å². The van der Waals surface area contributed by atoms with Gasteiger partial charge in [0, 0.05) is 56.5 Å².